The zero-order valence-electron chi connectivity index (χ0n) is 18.4. The number of piperazine rings is 1. The predicted molar refractivity (Wildman–Crippen MR) is 123 cm³/mol. The van der Waals surface area contributed by atoms with Gasteiger partial charge < -0.3 is 14.6 Å². The number of carbonyl (C=O) groups is 2. The van der Waals surface area contributed by atoms with Gasteiger partial charge in [-0.15, -0.1) is 11.3 Å². The van der Waals surface area contributed by atoms with Crippen LogP contribution in [0.2, 0.25) is 0 Å². The molecule has 3 heterocycles. The molecule has 3 aromatic rings. The molecule has 1 aliphatic rings. The summed E-state index contributed by atoms with van der Waals surface area (Å²) >= 11 is 1.18. The van der Waals surface area contributed by atoms with E-state index in [2.05, 4.69) is 14.9 Å². The number of H-pyrrole nitrogens is 1. The third-order valence-corrected chi connectivity index (χ3v) is 6.96. The maximum atomic E-state index is 12.6. The van der Waals surface area contributed by atoms with Gasteiger partial charge in [0, 0.05) is 26.2 Å². The molecular formula is C23H26N4O4S. The Hall–Kier alpha value is -3.04. The quantitative estimate of drug-likeness (QED) is 0.595. The van der Waals surface area contributed by atoms with Crippen molar-refractivity contribution in [3.63, 3.8) is 0 Å². The third kappa shape index (κ3) is 4.58. The van der Waals surface area contributed by atoms with E-state index in [1.165, 1.54) is 24.0 Å². The summed E-state index contributed by atoms with van der Waals surface area (Å²) in [4.78, 5) is 49.6. The molecule has 1 amide bonds. The molecule has 0 saturated carbocycles. The molecule has 9 heteroatoms. The van der Waals surface area contributed by atoms with Crippen molar-refractivity contribution in [1.29, 1.82) is 0 Å². The Kier molecular flexibility index (Phi) is 6.38. The summed E-state index contributed by atoms with van der Waals surface area (Å²) in [6, 6.07) is 8.04. The summed E-state index contributed by atoms with van der Waals surface area (Å²) in [6.45, 7) is 6.94. The lowest BCUT2D eigenvalue weighted by atomic mass is 10.1. The summed E-state index contributed by atoms with van der Waals surface area (Å²) in [5.74, 6) is 0.225. The smallest absolute Gasteiger partial charge is 0.348 e. The van der Waals surface area contributed by atoms with Gasteiger partial charge >= 0.3 is 5.97 Å². The minimum absolute atomic E-state index is 0.130. The number of amides is 1. The van der Waals surface area contributed by atoms with Crippen LogP contribution in [0, 0.1) is 13.8 Å². The van der Waals surface area contributed by atoms with Crippen LogP contribution in [0.25, 0.3) is 10.2 Å². The first-order chi connectivity index (χ1) is 15.4. The average molecular weight is 455 g/mol. The average Bonchev–Trinajstić information content (AvgIpc) is 3.12. The number of rotatable bonds is 5. The summed E-state index contributed by atoms with van der Waals surface area (Å²) in [6.07, 6.45) is 0.409. The highest BCUT2D eigenvalue weighted by Crippen LogP contribution is 2.27. The van der Waals surface area contributed by atoms with Crippen LogP contribution in [0.3, 0.4) is 0 Å². The number of hydrogen-bond donors (Lipinski definition) is 1. The minimum Gasteiger partial charge on any atom is -0.465 e. The summed E-state index contributed by atoms with van der Waals surface area (Å²) in [5.41, 5.74) is 2.55. The number of nitrogens with one attached hydrogen (secondary N) is 1. The first kappa shape index (κ1) is 22.2. The number of nitrogens with zero attached hydrogens (tertiary/aromatic N) is 3. The van der Waals surface area contributed by atoms with E-state index in [4.69, 9.17) is 4.74 Å². The molecule has 1 aliphatic heterocycles. The van der Waals surface area contributed by atoms with Crippen LogP contribution in [-0.4, -0.2) is 64.9 Å². The number of ether oxygens (including phenoxy) is 1. The normalized spacial score (nSPS) is 14.7. The minimum atomic E-state index is -0.460. The van der Waals surface area contributed by atoms with E-state index in [-0.39, 0.29) is 11.5 Å². The standard InChI is InChI=1S/C23H26N4O4S/c1-14-4-6-16(7-5-14)12-18(28)27-10-8-26(9-11-27)13-17-24-21(29)19-15(2)20(23(30)31-3)32-22(19)25-17/h4-7H,8-13H2,1-3H3,(H,24,25,29). The second kappa shape index (κ2) is 9.22. The van der Waals surface area contributed by atoms with Gasteiger partial charge in [-0.25, -0.2) is 9.78 Å². The van der Waals surface area contributed by atoms with Gasteiger partial charge in [0.25, 0.3) is 5.56 Å². The maximum Gasteiger partial charge on any atom is 0.348 e. The Morgan fingerprint density at radius 3 is 2.47 bits per heavy atom. The number of thiophene rings is 1. The van der Waals surface area contributed by atoms with Crippen LogP contribution in [0.5, 0.6) is 0 Å². The van der Waals surface area contributed by atoms with E-state index in [0.29, 0.717) is 65.6 Å². The number of hydrogen-bond acceptors (Lipinski definition) is 7. The van der Waals surface area contributed by atoms with Gasteiger partial charge in [0.2, 0.25) is 5.91 Å². The predicted octanol–water partition coefficient (Wildman–Crippen LogP) is 2.27. The summed E-state index contributed by atoms with van der Waals surface area (Å²) < 4.78 is 4.80. The Bertz CT molecular complexity index is 1210. The van der Waals surface area contributed by atoms with Crippen molar-refractivity contribution in [2.45, 2.75) is 26.8 Å². The second-order valence-corrected chi connectivity index (χ2v) is 9.06. The van der Waals surface area contributed by atoms with E-state index in [0.717, 1.165) is 5.56 Å². The van der Waals surface area contributed by atoms with Crippen molar-refractivity contribution in [3.05, 3.63) is 62.0 Å². The van der Waals surface area contributed by atoms with Crippen molar-refractivity contribution in [2.24, 2.45) is 0 Å². The molecule has 4 rings (SSSR count). The van der Waals surface area contributed by atoms with Gasteiger partial charge in [0.15, 0.2) is 0 Å². The second-order valence-electron chi connectivity index (χ2n) is 8.06. The SMILES string of the molecule is COC(=O)c1sc2nc(CN3CCN(C(=O)Cc4ccc(C)cc4)CC3)[nH]c(=O)c2c1C. The number of esters is 1. The van der Waals surface area contributed by atoms with Gasteiger partial charge in [-0.1, -0.05) is 29.8 Å². The number of aromatic nitrogens is 2. The zero-order valence-corrected chi connectivity index (χ0v) is 19.3. The highest BCUT2D eigenvalue weighted by Gasteiger charge is 2.23. The molecule has 1 N–H and O–H groups in total. The van der Waals surface area contributed by atoms with E-state index in [1.54, 1.807) is 6.92 Å². The lowest BCUT2D eigenvalue weighted by Gasteiger charge is -2.34. The molecule has 168 valence electrons. The van der Waals surface area contributed by atoms with Crippen LogP contribution < -0.4 is 5.56 Å². The molecule has 32 heavy (non-hydrogen) atoms. The Balaban J connectivity index is 1.39. The van der Waals surface area contributed by atoms with Gasteiger partial charge in [-0.2, -0.15) is 0 Å². The molecule has 1 fully saturated rings. The largest absolute Gasteiger partial charge is 0.465 e. The first-order valence-electron chi connectivity index (χ1n) is 10.5. The van der Waals surface area contributed by atoms with E-state index in [1.807, 2.05) is 36.1 Å². The van der Waals surface area contributed by atoms with Gasteiger partial charge in [-0.3, -0.25) is 14.5 Å². The lowest BCUT2D eigenvalue weighted by molar-refractivity contribution is -0.132. The van der Waals surface area contributed by atoms with Crippen LogP contribution in [0.4, 0.5) is 0 Å². The molecule has 2 aromatic heterocycles. The molecular weight excluding hydrogens is 428 g/mol. The number of carbonyl (C=O) groups excluding carboxylic acids is 2. The Morgan fingerprint density at radius 2 is 1.81 bits per heavy atom. The molecule has 8 nitrogen and oxygen atoms in total. The highest BCUT2D eigenvalue weighted by molar-refractivity contribution is 7.20. The number of aryl methyl sites for hydroxylation is 2. The van der Waals surface area contributed by atoms with E-state index < -0.39 is 5.97 Å². The molecule has 0 aliphatic carbocycles. The van der Waals surface area contributed by atoms with E-state index in [9.17, 15) is 14.4 Å². The molecule has 0 bridgehead atoms. The van der Waals surface area contributed by atoms with Crippen LogP contribution in [-0.2, 0) is 22.5 Å². The maximum absolute atomic E-state index is 12.6. The van der Waals surface area contributed by atoms with Crippen molar-refractivity contribution < 1.29 is 14.3 Å². The van der Waals surface area contributed by atoms with Gasteiger partial charge in [0.1, 0.15) is 15.5 Å². The number of aromatic amines is 1. The molecule has 1 aromatic carbocycles. The van der Waals surface area contributed by atoms with Crippen molar-refractivity contribution >= 4 is 33.4 Å². The van der Waals surface area contributed by atoms with Crippen LogP contribution in [0.15, 0.2) is 29.1 Å². The van der Waals surface area contributed by atoms with Crippen molar-refractivity contribution in [1.82, 2.24) is 19.8 Å². The third-order valence-electron chi connectivity index (χ3n) is 5.79. The molecule has 1 saturated heterocycles. The molecule has 0 spiro atoms. The van der Waals surface area contributed by atoms with Crippen LogP contribution >= 0.6 is 11.3 Å². The van der Waals surface area contributed by atoms with Crippen LogP contribution in [0.1, 0.15) is 32.2 Å². The first-order valence-corrected chi connectivity index (χ1v) is 11.3. The topological polar surface area (TPSA) is 95.6 Å². The molecule has 0 radical (unpaired) electrons. The lowest BCUT2D eigenvalue weighted by Crippen LogP contribution is -2.49. The highest BCUT2D eigenvalue weighted by atomic mass is 32.1. The Labute approximate surface area is 189 Å². The van der Waals surface area contributed by atoms with Crippen molar-refractivity contribution in [3.8, 4) is 0 Å². The van der Waals surface area contributed by atoms with Gasteiger partial charge in [-0.05, 0) is 25.0 Å². The molecule has 0 unspecified atom stereocenters. The van der Waals surface area contributed by atoms with Crippen molar-refractivity contribution in [2.75, 3.05) is 33.3 Å². The fraction of sp³-hybridized carbons (Fsp3) is 0.391. The summed E-state index contributed by atoms with van der Waals surface area (Å²) in [5, 5.41) is 0.436. The Morgan fingerprint density at radius 1 is 1.12 bits per heavy atom. The molecule has 0 atom stereocenters. The van der Waals surface area contributed by atoms with Gasteiger partial charge in [0.05, 0.1) is 25.5 Å². The number of methoxy groups -OCH3 is 1. The fourth-order valence-corrected chi connectivity index (χ4v) is 5.03. The van der Waals surface area contributed by atoms with E-state index >= 15 is 0 Å². The fourth-order valence-electron chi connectivity index (χ4n) is 3.91. The number of benzene rings is 1. The monoisotopic (exact) mass is 454 g/mol. The zero-order chi connectivity index (χ0) is 22.8. The number of fused-ring (bicyclic) bond motifs is 1. The summed E-state index contributed by atoms with van der Waals surface area (Å²) in [7, 11) is 1.32.